The average molecular weight is 407 g/mol. The third-order valence-electron chi connectivity index (χ3n) is 2.98. The lowest BCUT2D eigenvalue weighted by molar-refractivity contribution is -0.178. The number of carbonyl (C=O) groups is 3. The topological polar surface area (TPSA) is 191 Å². The van der Waals surface area contributed by atoms with Crippen LogP contribution in [0.4, 0.5) is 5.13 Å². The number of thiazole rings is 1. The smallest absolute Gasteiger partial charge is 0.365 e. The Bertz CT molecular complexity index is 879. The van der Waals surface area contributed by atoms with Crippen molar-refractivity contribution in [3.05, 3.63) is 11.1 Å². The number of nitrogens with one attached hydrogen (secondary N) is 1. The maximum atomic E-state index is 12.4. The molecule has 15 heteroatoms. The first-order valence-electron chi connectivity index (χ1n) is 6.67. The molecule has 1 aromatic heterocycles. The van der Waals surface area contributed by atoms with Gasteiger partial charge < -0.3 is 20.6 Å². The van der Waals surface area contributed by atoms with Gasteiger partial charge in [-0.3, -0.25) is 18.9 Å². The average Bonchev–Trinajstić information content (AvgIpc) is 2.94. The maximum absolute atomic E-state index is 12.4. The number of nitrogen functional groups attached to an aromatic ring is 1. The van der Waals surface area contributed by atoms with Crippen molar-refractivity contribution in [2.75, 3.05) is 12.8 Å². The molecule has 0 unspecified atom stereocenters. The molecule has 13 nitrogen and oxygen atoms in total. The third-order valence-corrected chi connectivity index (χ3v) is 4.54. The number of oxime groups is 1. The standard InChI is InChI=1S/C11H13N5O8S2/c1-4(17)24-10-7(9(19)16(10)26(20,21)22)14-8(18)6(15-23-2)5-3-25-11(12)13-5/h3,7,10H,1-2H3,(H2,12,13)(H,14,18)(H,20,21,22)/t7-,10+/m1/s1. The van der Waals surface area contributed by atoms with Crippen LogP contribution in [0.2, 0.25) is 0 Å². The van der Waals surface area contributed by atoms with Crippen molar-refractivity contribution in [1.82, 2.24) is 14.6 Å². The van der Waals surface area contributed by atoms with Gasteiger partial charge in [-0.25, -0.2) is 4.98 Å². The van der Waals surface area contributed by atoms with E-state index in [1.54, 1.807) is 0 Å². The highest BCUT2D eigenvalue weighted by molar-refractivity contribution is 7.84. The fourth-order valence-electron chi connectivity index (χ4n) is 2.00. The number of ether oxygens (including phenoxy) is 1. The van der Waals surface area contributed by atoms with Gasteiger partial charge in [0, 0.05) is 12.3 Å². The summed E-state index contributed by atoms with van der Waals surface area (Å²) in [7, 11) is -3.82. The van der Waals surface area contributed by atoms with Gasteiger partial charge in [0.05, 0.1) is 0 Å². The molecule has 2 heterocycles. The van der Waals surface area contributed by atoms with Crippen molar-refractivity contribution in [2.24, 2.45) is 5.16 Å². The van der Waals surface area contributed by atoms with E-state index in [4.69, 9.17) is 10.3 Å². The Morgan fingerprint density at radius 3 is 2.62 bits per heavy atom. The molecule has 142 valence electrons. The van der Waals surface area contributed by atoms with Gasteiger partial charge in [0.15, 0.2) is 16.9 Å². The van der Waals surface area contributed by atoms with E-state index in [1.807, 2.05) is 0 Å². The van der Waals surface area contributed by atoms with Crippen LogP contribution < -0.4 is 11.1 Å². The molecule has 1 aromatic rings. The fourth-order valence-corrected chi connectivity index (χ4v) is 3.32. The third kappa shape index (κ3) is 3.89. The van der Waals surface area contributed by atoms with Crippen molar-refractivity contribution in [3.8, 4) is 0 Å². The first kappa shape index (κ1) is 19.5. The summed E-state index contributed by atoms with van der Waals surface area (Å²) in [6.07, 6.45) is -1.75. The summed E-state index contributed by atoms with van der Waals surface area (Å²) in [4.78, 5) is 43.8. The van der Waals surface area contributed by atoms with Crippen molar-refractivity contribution in [3.63, 3.8) is 0 Å². The van der Waals surface area contributed by atoms with E-state index in [-0.39, 0.29) is 20.8 Å². The first-order chi connectivity index (χ1) is 12.1. The Morgan fingerprint density at radius 1 is 1.50 bits per heavy atom. The lowest BCUT2D eigenvalue weighted by Gasteiger charge is -2.42. The van der Waals surface area contributed by atoms with Crippen LogP contribution in [-0.4, -0.2) is 65.1 Å². The molecule has 1 fully saturated rings. The number of nitrogens with zero attached hydrogens (tertiary/aromatic N) is 3. The Morgan fingerprint density at radius 2 is 2.15 bits per heavy atom. The molecule has 1 aliphatic heterocycles. The van der Waals surface area contributed by atoms with Crippen molar-refractivity contribution in [1.29, 1.82) is 0 Å². The molecule has 2 atom stereocenters. The van der Waals surface area contributed by atoms with E-state index in [2.05, 4.69) is 25.0 Å². The Balaban J connectivity index is 2.24. The van der Waals surface area contributed by atoms with Crippen molar-refractivity contribution >= 4 is 50.3 Å². The van der Waals surface area contributed by atoms with Gasteiger partial charge in [-0.2, -0.15) is 12.7 Å². The number of esters is 1. The summed E-state index contributed by atoms with van der Waals surface area (Å²) in [6.45, 7) is 0.958. The van der Waals surface area contributed by atoms with Crippen LogP contribution >= 0.6 is 11.3 Å². The highest BCUT2D eigenvalue weighted by atomic mass is 32.2. The normalized spacial score (nSPS) is 20.3. The van der Waals surface area contributed by atoms with E-state index in [0.29, 0.717) is 0 Å². The first-order valence-corrected chi connectivity index (χ1v) is 8.95. The van der Waals surface area contributed by atoms with Crippen molar-refractivity contribution in [2.45, 2.75) is 19.2 Å². The van der Waals surface area contributed by atoms with Gasteiger partial charge >= 0.3 is 16.3 Å². The molecule has 0 spiro atoms. The second kappa shape index (κ2) is 7.22. The number of amides is 2. The van der Waals surface area contributed by atoms with E-state index >= 15 is 0 Å². The minimum atomic E-state index is -4.98. The summed E-state index contributed by atoms with van der Waals surface area (Å²) in [5.74, 6) is -3.11. The molecule has 4 N–H and O–H groups in total. The SMILES string of the molecule is CON=C(C(=O)N[C@@H]1C(=O)N(S(=O)(=O)O)[C@H]1OC(C)=O)c1csc(N)n1. The maximum Gasteiger partial charge on any atom is 0.365 e. The largest absolute Gasteiger partial charge is 0.438 e. The van der Waals surface area contributed by atoms with Crippen molar-refractivity contribution < 1.29 is 36.9 Å². The van der Waals surface area contributed by atoms with Gasteiger partial charge in [-0.05, 0) is 0 Å². The zero-order valence-corrected chi connectivity index (χ0v) is 14.9. The zero-order valence-electron chi connectivity index (χ0n) is 13.3. The summed E-state index contributed by atoms with van der Waals surface area (Å²) < 4.78 is 36.0. The quantitative estimate of drug-likeness (QED) is 0.158. The molecule has 26 heavy (non-hydrogen) atoms. The number of anilines is 1. The highest BCUT2D eigenvalue weighted by Crippen LogP contribution is 2.25. The van der Waals surface area contributed by atoms with Gasteiger partial charge in [0.2, 0.25) is 6.23 Å². The predicted octanol–water partition coefficient (Wildman–Crippen LogP) is -1.91. The summed E-state index contributed by atoms with van der Waals surface area (Å²) in [5.41, 5.74) is 5.19. The summed E-state index contributed by atoms with van der Waals surface area (Å²) in [6, 6.07) is -1.56. The van der Waals surface area contributed by atoms with Crippen LogP contribution in [0.3, 0.4) is 0 Å². The zero-order chi connectivity index (χ0) is 19.6. The molecule has 2 rings (SSSR count). The number of carbonyl (C=O) groups excluding carboxylic acids is 3. The van der Waals surface area contributed by atoms with E-state index in [1.165, 1.54) is 12.5 Å². The molecule has 0 saturated carbocycles. The van der Waals surface area contributed by atoms with Gasteiger partial charge in [0.25, 0.3) is 11.8 Å². The number of hydrogen-bond donors (Lipinski definition) is 3. The second-order valence-corrected chi connectivity index (χ2v) is 6.94. The number of nitrogens with two attached hydrogens (primary N) is 1. The van der Waals surface area contributed by atoms with E-state index in [0.717, 1.165) is 18.3 Å². The van der Waals surface area contributed by atoms with Crippen LogP contribution in [0.15, 0.2) is 10.5 Å². The molecular formula is C11H13N5O8S2. The van der Waals surface area contributed by atoms with Crippen LogP contribution in [0.5, 0.6) is 0 Å². The molecule has 0 bridgehead atoms. The minimum absolute atomic E-state index is 0.0503. The molecule has 0 aromatic carbocycles. The molecular weight excluding hydrogens is 394 g/mol. The summed E-state index contributed by atoms with van der Waals surface area (Å²) >= 11 is 1.02. The van der Waals surface area contributed by atoms with Gasteiger partial charge in [0.1, 0.15) is 12.8 Å². The Labute approximate surface area is 150 Å². The molecule has 1 saturated heterocycles. The lowest BCUT2D eigenvalue weighted by Crippen LogP contribution is -2.73. The van der Waals surface area contributed by atoms with E-state index in [9.17, 15) is 22.8 Å². The van der Waals surface area contributed by atoms with Gasteiger partial charge in [-0.15, -0.1) is 11.3 Å². The molecule has 0 radical (unpaired) electrons. The van der Waals surface area contributed by atoms with Crippen LogP contribution in [-0.2, 0) is 34.3 Å². The summed E-state index contributed by atoms with van der Waals surface area (Å²) in [5, 5.41) is 7.19. The minimum Gasteiger partial charge on any atom is -0.438 e. The Kier molecular flexibility index (Phi) is 5.43. The van der Waals surface area contributed by atoms with Crippen LogP contribution in [0, 0.1) is 0 Å². The van der Waals surface area contributed by atoms with Gasteiger partial charge in [-0.1, -0.05) is 5.16 Å². The number of rotatable bonds is 6. The van der Waals surface area contributed by atoms with Crippen LogP contribution in [0.25, 0.3) is 0 Å². The number of aromatic nitrogens is 1. The molecule has 1 aliphatic rings. The number of β-lactam (4-membered cyclic amide) rings is 1. The second-order valence-electron chi connectivity index (χ2n) is 4.76. The van der Waals surface area contributed by atoms with Crippen LogP contribution in [0.1, 0.15) is 12.6 Å². The molecule has 0 aliphatic carbocycles. The van der Waals surface area contributed by atoms with E-state index < -0.39 is 40.4 Å². The fraction of sp³-hybridized carbons (Fsp3) is 0.364. The highest BCUT2D eigenvalue weighted by Gasteiger charge is 2.56. The Hall–Kier alpha value is -2.78. The lowest BCUT2D eigenvalue weighted by atomic mass is 10.1. The molecule has 2 amide bonds. The number of hydrogen-bond acceptors (Lipinski definition) is 11. The predicted molar refractivity (Wildman–Crippen MR) is 86.0 cm³/mol. The monoisotopic (exact) mass is 407 g/mol.